The third-order valence-electron chi connectivity index (χ3n) is 8.75. The van der Waals surface area contributed by atoms with E-state index in [1.54, 1.807) is 0 Å². The first-order chi connectivity index (χ1) is 22.5. The average Bonchev–Trinajstić information content (AvgIpc) is 3.07. The largest absolute Gasteiger partial charge is 0.529 e. The molecule has 218 valence electrons. The van der Waals surface area contributed by atoms with Gasteiger partial charge in [-0.15, -0.1) is 0 Å². The lowest BCUT2D eigenvalue weighted by atomic mass is 9.90. The number of aryl methyl sites for hydroxylation is 2. The van der Waals surface area contributed by atoms with E-state index in [2.05, 4.69) is 136 Å². The molecule has 46 heavy (non-hydrogen) atoms. The molecule has 0 spiro atoms. The summed E-state index contributed by atoms with van der Waals surface area (Å²) in [6.45, 7) is 8.38. The molecule has 0 N–H and O–H groups in total. The molecule has 0 saturated carbocycles. The average molecular weight is 623 g/mol. The second-order valence-corrected chi connectivity index (χ2v) is 12.9. The van der Waals surface area contributed by atoms with Crippen molar-refractivity contribution in [3.63, 3.8) is 0 Å². The Kier molecular flexibility index (Phi) is 8.08. The van der Waals surface area contributed by atoms with Gasteiger partial charge in [0, 0.05) is 11.1 Å². The standard InChI is InChI=1S/C42H30O2Si2/c1-27-11-9-17-41(29(27)3)43-45-21-19-37-35-15-7-8-16-36(35)38(20-22-46-44-42-18-10-12-28(2)30(42)4)40-26-34-24-32-14-6-5-13-31(32)23-33(34)25-39(37)40/h5-18,23-26H,1-4H3. The van der Waals surface area contributed by atoms with E-state index in [-0.39, 0.29) is 19.5 Å². The van der Waals surface area contributed by atoms with Gasteiger partial charge in [-0.3, -0.25) is 0 Å². The van der Waals surface area contributed by atoms with Crippen molar-refractivity contribution in [1.29, 1.82) is 0 Å². The lowest BCUT2D eigenvalue weighted by molar-refractivity contribution is 0.599. The Morgan fingerprint density at radius 3 is 1.33 bits per heavy atom. The molecule has 0 bridgehead atoms. The zero-order chi connectivity index (χ0) is 31.6. The van der Waals surface area contributed by atoms with Crippen LogP contribution in [0.3, 0.4) is 0 Å². The van der Waals surface area contributed by atoms with Crippen molar-refractivity contribution in [1.82, 2.24) is 0 Å². The van der Waals surface area contributed by atoms with Crippen LogP contribution in [0.25, 0.3) is 43.1 Å². The number of fused-ring (bicyclic) bond motifs is 4. The van der Waals surface area contributed by atoms with Crippen molar-refractivity contribution < 1.29 is 8.85 Å². The fourth-order valence-electron chi connectivity index (χ4n) is 5.89. The van der Waals surface area contributed by atoms with Crippen molar-refractivity contribution in [2.75, 3.05) is 0 Å². The second kappa shape index (κ2) is 12.6. The minimum Gasteiger partial charge on any atom is -0.529 e. The molecule has 0 unspecified atom stereocenters. The smallest absolute Gasteiger partial charge is 0.416 e. The summed E-state index contributed by atoms with van der Waals surface area (Å²) >= 11 is 0. The summed E-state index contributed by atoms with van der Waals surface area (Å²) in [5.74, 6) is 8.83. The Bertz CT molecular complexity index is 2270. The zero-order valence-corrected chi connectivity index (χ0v) is 28.2. The van der Waals surface area contributed by atoms with Crippen molar-refractivity contribution in [3.05, 3.63) is 143 Å². The first kappa shape index (κ1) is 29.4. The molecule has 7 aromatic rings. The minimum absolute atomic E-state index is 0.0153. The summed E-state index contributed by atoms with van der Waals surface area (Å²) in [5.41, 5.74) is 13.4. The summed E-state index contributed by atoms with van der Waals surface area (Å²) in [6, 6.07) is 38.3. The van der Waals surface area contributed by atoms with Crippen LogP contribution in [-0.4, -0.2) is 19.5 Å². The molecule has 0 aliphatic carbocycles. The van der Waals surface area contributed by atoms with Crippen LogP contribution in [0.5, 0.6) is 11.5 Å². The molecule has 4 heteroatoms. The van der Waals surface area contributed by atoms with Gasteiger partial charge in [0.15, 0.2) is 0 Å². The molecule has 7 rings (SSSR count). The highest BCUT2D eigenvalue weighted by atomic mass is 28.2. The highest BCUT2D eigenvalue weighted by Crippen LogP contribution is 2.36. The maximum Gasteiger partial charge on any atom is 0.416 e. The van der Waals surface area contributed by atoms with Gasteiger partial charge in [-0.05, 0) is 129 Å². The summed E-state index contributed by atoms with van der Waals surface area (Å²) in [7, 11) is 0.0307. The SMILES string of the molecule is Cc1cccc(O[Si]C#Cc2c3ccccc3c(C#C[Si]Oc3cccc(C)c3C)c3cc4cc5ccccc5cc4cc23)c1C. The monoisotopic (exact) mass is 622 g/mol. The predicted molar refractivity (Wildman–Crippen MR) is 195 cm³/mol. The van der Waals surface area contributed by atoms with Gasteiger partial charge in [-0.1, -0.05) is 95.7 Å². The van der Waals surface area contributed by atoms with E-state index >= 15 is 0 Å². The minimum atomic E-state index is 0.0153. The van der Waals surface area contributed by atoms with Gasteiger partial charge in [0.05, 0.1) is 0 Å². The Hall–Kier alpha value is -5.27. The number of hydrogen-bond donors (Lipinski definition) is 0. The fourth-order valence-corrected chi connectivity index (χ4v) is 7.01. The van der Waals surface area contributed by atoms with Gasteiger partial charge in [0.25, 0.3) is 0 Å². The van der Waals surface area contributed by atoms with Gasteiger partial charge in [0.1, 0.15) is 11.5 Å². The summed E-state index contributed by atoms with van der Waals surface area (Å²) in [5, 5.41) is 9.15. The molecule has 0 aromatic heterocycles. The van der Waals surface area contributed by atoms with Gasteiger partial charge < -0.3 is 8.85 Å². The third-order valence-corrected chi connectivity index (χ3v) is 9.85. The third kappa shape index (κ3) is 5.66. The highest BCUT2D eigenvalue weighted by molar-refractivity contribution is 6.40. The topological polar surface area (TPSA) is 18.5 Å². The van der Waals surface area contributed by atoms with Crippen LogP contribution in [0.4, 0.5) is 0 Å². The molecule has 0 fully saturated rings. The predicted octanol–water partition coefficient (Wildman–Crippen LogP) is 9.55. The molecule has 2 nitrogen and oxygen atoms in total. The van der Waals surface area contributed by atoms with E-state index in [9.17, 15) is 0 Å². The van der Waals surface area contributed by atoms with E-state index in [0.29, 0.717) is 0 Å². The number of hydrogen-bond acceptors (Lipinski definition) is 2. The van der Waals surface area contributed by atoms with E-state index in [1.165, 1.54) is 32.7 Å². The van der Waals surface area contributed by atoms with Gasteiger partial charge in [0.2, 0.25) is 0 Å². The lowest BCUT2D eigenvalue weighted by Gasteiger charge is -2.13. The van der Waals surface area contributed by atoms with Gasteiger partial charge in [-0.2, -0.15) is 0 Å². The summed E-state index contributed by atoms with van der Waals surface area (Å²) in [4.78, 5) is 0. The Morgan fingerprint density at radius 2 is 0.870 bits per heavy atom. The number of benzene rings is 7. The molecule has 7 aromatic carbocycles. The first-order valence-electron chi connectivity index (χ1n) is 15.3. The first-order valence-corrected chi connectivity index (χ1v) is 17.1. The zero-order valence-electron chi connectivity index (χ0n) is 26.2. The van der Waals surface area contributed by atoms with Crippen LogP contribution in [-0.2, 0) is 0 Å². The molecular formula is C42H30O2Si2. The van der Waals surface area contributed by atoms with Crippen LogP contribution in [0.15, 0.2) is 109 Å². The van der Waals surface area contributed by atoms with Crippen molar-refractivity contribution in [2.24, 2.45) is 0 Å². The quantitative estimate of drug-likeness (QED) is 0.111. The maximum atomic E-state index is 6.14. The lowest BCUT2D eigenvalue weighted by Crippen LogP contribution is -2.02. The molecule has 0 amide bonds. The van der Waals surface area contributed by atoms with E-state index in [4.69, 9.17) is 8.85 Å². The normalized spacial score (nSPS) is 10.9. The van der Waals surface area contributed by atoms with Crippen LogP contribution in [0.1, 0.15) is 33.4 Å². The van der Waals surface area contributed by atoms with Gasteiger partial charge in [-0.25, -0.2) is 0 Å². The molecular weight excluding hydrogens is 593 g/mol. The van der Waals surface area contributed by atoms with E-state index < -0.39 is 0 Å². The van der Waals surface area contributed by atoms with Crippen LogP contribution >= 0.6 is 0 Å². The maximum absolute atomic E-state index is 6.14. The highest BCUT2D eigenvalue weighted by Gasteiger charge is 2.14. The molecule has 0 heterocycles. The molecule has 0 atom stereocenters. The molecule has 0 saturated heterocycles. The van der Waals surface area contributed by atoms with Gasteiger partial charge >= 0.3 is 19.5 Å². The van der Waals surface area contributed by atoms with Crippen LogP contribution < -0.4 is 8.85 Å². The Labute approximate surface area is 275 Å². The molecule has 0 aliphatic rings. The van der Waals surface area contributed by atoms with E-state index in [0.717, 1.165) is 55.3 Å². The summed E-state index contributed by atoms with van der Waals surface area (Å²) < 4.78 is 12.3. The van der Waals surface area contributed by atoms with Crippen LogP contribution in [0.2, 0.25) is 0 Å². The molecule has 4 radical (unpaired) electrons. The second-order valence-electron chi connectivity index (χ2n) is 11.5. The van der Waals surface area contributed by atoms with Crippen molar-refractivity contribution in [2.45, 2.75) is 27.7 Å². The fraction of sp³-hybridized carbons (Fsp3) is 0.0952. The van der Waals surface area contributed by atoms with Crippen molar-refractivity contribution in [3.8, 4) is 34.4 Å². The van der Waals surface area contributed by atoms with Crippen LogP contribution in [0, 0.1) is 50.6 Å². The van der Waals surface area contributed by atoms with Crippen molar-refractivity contribution >= 4 is 62.6 Å². The summed E-state index contributed by atoms with van der Waals surface area (Å²) in [6.07, 6.45) is 0. The Morgan fingerprint density at radius 1 is 0.435 bits per heavy atom. The van der Waals surface area contributed by atoms with E-state index in [1.807, 2.05) is 24.3 Å². The number of rotatable bonds is 4. The Balaban J connectivity index is 1.37. The molecule has 0 aliphatic heterocycles.